The first-order chi connectivity index (χ1) is 8.22. The van der Waals surface area contributed by atoms with Gasteiger partial charge in [0.1, 0.15) is 12.1 Å². The molecule has 1 aliphatic rings. The van der Waals surface area contributed by atoms with Crippen LogP contribution in [0.2, 0.25) is 0 Å². The van der Waals surface area contributed by atoms with Crippen molar-refractivity contribution in [1.29, 1.82) is 5.26 Å². The minimum absolute atomic E-state index is 0.0157. The van der Waals surface area contributed by atoms with Crippen molar-refractivity contribution >= 4 is 17.3 Å². The Morgan fingerprint density at radius 1 is 1.53 bits per heavy atom. The minimum atomic E-state index is -0.264. The summed E-state index contributed by atoms with van der Waals surface area (Å²) in [5.41, 5.74) is 7.30. The number of nitrogens with two attached hydrogens (primary N) is 1. The maximum Gasteiger partial charge on any atom is 0.242 e. The fourth-order valence-corrected chi connectivity index (χ4v) is 1.89. The molecule has 0 aromatic heterocycles. The number of nitrogen functional groups attached to an aromatic ring is 1. The van der Waals surface area contributed by atoms with E-state index in [4.69, 9.17) is 11.0 Å². The average Bonchev–Trinajstić information content (AvgIpc) is 2.34. The molecule has 1 unspecified atom stereocenters. The number of piperidine rings is 1. The first-order valence-electron chi connectivity index (χ1n) is 5.55. The second-order valence-electron chi connectivity index (χ2n) is 4.01. The highest BCUT2D eigenvalue weighted by Crippen LogP contribution is 2.23. The maximum atomic E-state index is 11.6. The number of nitriles is 1. The van der Waals surface area contributed by atoms with E-state index >= 15 is 0 Å². The molecule has 1 aromatic carbocycles. The zero-order chi connectivity index (χ0) is 12.3. The van der Waals surface area contributed by atoms with Crippen molar-refractivity contribution in [3.8, 4) is 6.07 Å². The van der Waals surface area contributed by atoms with E-state index < -0.39 is 0 Å². The van der Waals surface area contributed by atoms with Crippen LogP contribution in [-0.2, 0) is 4.79 Å². The van der Waals surface area contributed by atoms with Gasteiger partial charge in [-0.2, -0.15) is 5.26 Å². The number of para-hydroxylation sites is 1. The van der Waals surface area contributed by atoms with Gasteiger partial charge in [0, 0.05) is 6.54 Å². The number of anilines is 2. The van der Waals surface area contributed by atoms with Crippen LogP contribution < -0.4 is 16.4 Å². The van der Waals surface area contributed by atoms with E-state index in [1.54, 1.807) is 18.2 Å². The quantitative estimate of drug-likeness (QED) is 0.656. The molecule has 1 aliphatic heterocycles. The van der Waals surface area contributed by atoms with Crippen LogP contribution in [-0.4, -0.2) is 18.5 Å². The first-order valence-corrected chi connectivity index (χ1v) is 5.55. The second kappa shape index (κ2) is 4.74. The van der Waals surface area contributed by atoms with E-state index in [1.807, 2.05) is 6.07 Å². The molecule has 1 heterocycles. The van der Waals surface area contributed by atoms with Crippen LogP contribution in [0.25, 0.3) is 0 Å². The second-order valence-corrected chi connectivity index (χ2v) is 4.01. The van der Waals surface area contributed by atoms with Gasteiger partial charge in [0.25, 0.3) is 0 Å². The molecule has 1 fully saturated rings. The highest BCUT2D eigenvalue weighted by atomic mass is 16.2. The maximum absolute atomic E-state index is 11.6. The van der Waals surface area contributed by atoms with Crippen molar-refractivity contribution < 1.29 is 4.79 Å². The third-order valence-electron chi connectivity index (χ3n) is 2.84. The normalized spacial score (nSPS) is 19.2. The molecule has 5 nitrogen and oxygen atoms in total. The molecule has 1 atom stereocenters. The zero-order valence-corrected chi connectivity index (χ0v) is 9.36. The molecule has 4 N–H and O–H groups in total. The Hall–Kier alpha value is -2.22. The van der Waals surface area contributed by atoms with Crippen LogP contribution in [0.3, 0.4) is 0 Å². The van der Waals surface area contributed by atoms with Crippen LogP contribution in [0.1, 0.15) is 18.4 Å². The number of carbonyl (C=O) groups is 1. The van der Waals surface area contributed by atoms with Gasteiger partial charge in [-0.25, -0.2) is 0 Å². The smallest absolute Gasteiger partial charge is 0.242 e. The SMILES string of the molecule is N#Cc1cccc(NC2CCCNC2=O)c1N. The number of nitrogens with one attached hydrogen (secondary N) is 2. The topological polar surface area (TPSA) is 90.9 Å². The summed E-state index contributed by atoms with van der Waals surface area (Å²) >= 11 is 0. The summed E-state index contributed by atoms with van der Waals surface area (Å²) in [6.07, 6.45) is 1.73. The average molecular weight is 230 g/mol. The summed E-state index contributed by atoms with van der Waals surface area (Å²) in [6, 6.07) is 6.93. The highest BCUT2D eigenvalue weighted by molar-refractivity contribution is 5.87. The lowest BCUT2D eigenvalue weighted by Gasteiger charge is -2.24. The highest BCUT2D eigenvalue weighted by Gasteiger charge is 2.22. The number of hydrogen-bond acceptors (Lipinski definition) is 4. The predicted octanol–water partition coefficient (Wildman–Crippen LogP) is 0.831. The van der Waals surface area contributed by atoms with Gasteiger partial charge >= 0.3 is 0 Å². The van der Waals surface area contributed by atoms with Gasteiger partial charge < -0.3 is 16.4 Å². The molecule has 1 saturated heterocycles. The third kappa shape index (κ3) is 2.31. The van der Waals surface area contributed by atoms with Crippen molar-refractivity contribution in [3.05, 3.63) is 23.8 Å². The van der Waals surface area contributed by atoms with E-state index in [9.17, 15) is 4.79 Å². The molecule has 0 spiro atoms. The van der Waals surface area contributed by atoms with Gasteiger partial charge in [-0.05, 0) is 25.0 Å². The van der Waals surface area contributed by atoms with Crippen LogP contribution in [0.5, 0.6) is 0 Å². The van der Waals surface area contributed by atoms with Gasteiger partial charge in [0.15, 0.2) is 0 Å². The number of carbonyl (C=O) groups excluding carboxylic acids is 1. The lowest BCUT2D eigenvalue weighted by Crippen LogP contribution is -2.44. The summed E-state index contributed by atoms with van der Waals surface area (Å²) in [6.45, 7) is 0.727. The van der Waals surface area contributed by atoms with E-state index in [1.165, 1.54) is 0 Å². The predicted molar refractivity (Wildman–Crippen MR) is 65.2 cm³/mol. The molecule has 0 saturated carbocycles. The van der Waals surface area contributed by atoms with Crippen LogP contribution >= 0.6 is 0 Å². The van der Waals surface area contributed by atoms with Gasteiger partial charge in [-0.3, -0.25) is 4.79 Å². The van der Waals surface area contributed by atoms with Crippen LogP contribution in [0.15, 0.2) is 18.2 Å². The molecule has 17 heavy (non-hydrogen) atoms. The molecule has 0 bridgehead atoms. The van der Waals surface area contributed by atoms with Gasteiger partial charge in [-0.1, -0.05) is 6.07 Å². The number of rotatable bonds is 2. The molecular weight excluding hydrogens is 216 g/mol. The van der Waals surface area contributed by atoms with Crippen LogP contribution in [0, 0.1) is 11.3 Å². The lowest BCUT2D eigenvalue weighted by atomic mass is 10.1. The summed E-state index contributed by atoms with van der Waals surface area (Å²) < 4.78 is 0. The number of benzene rings is 1. The number of nitrogens with zero attached hydrogens (tertiary/aromatic N) is 1. The van der Waals surface area contributed by atoms with E-state index in [0.717, 1.165) is 19.4 Å². The fourth-order valence-electron chi connectivity index (χ4n) is 1.89. The van der Waals surface area contributed by atoms with Crippen molar-refractivity contribution in [3.63, 3.8) is 0 Å². The summed E-state index contributed by atoms with van der Waals surface area (Å²) in [5, 5.41) is 14.7. The Morgan fingerprint density at radius 2 is 2.35 bits per heavy atom. The van der Waals surface area contributed by atoms with Gasteiger partial charge in [0.05, 0.1) is 16.9 Å². The molecular formula is C12H14N4O. The molecule has 88 valence electrons. The standard InChI is InChI=1S/C12H14N4O/c13-7-8-3-1-4-9(11(8)14)16-10-5-2-6-15-12(10)17/h1,3-4,10,16H,2,5-6,14H2,(H,15,17). The number of amides is 1. The minimum Gasteiger partial charge on any atom is -0.396 e. The molecule has 1 amide bonds. The van der Waals surface area contributed by atoms with E-state index in [0.29, 0.717) is 16.9 Å². The van der Waals surface area contributed by atoms with Gasteiger partial charge in [-0.15, -0.1) is 0 Å². The molecule has 0 radical (unpaired) electrons. The summed E-state index contributed by atoms with van der Waals surface area (Å²) in [7, 11) is 0. The Morgan fingerprint density at radius 3 is 3.06 bits per heavy atom. The zero-order valence-electron chi connectivity index (χ0n) is 9.36. The van der Waals surface area contributed by atoms with E-state index in [-0.39, 0.29) is 11.9 Å². The summed E-state index contributed by atoms with van der Waals surface area (Å²) in [5.74, 6) is -0.0157. The van der Waals surface area contributed by atoms with Crippen molar-refractivity contribution in [2.45, 2.75) is 18.9 Å². The molecule has 2 rings (SSSR count). The Balaban J connectivity index is 2.18. The Labute approximate surface area is 99.6 Å². The first kappa shape index (κ1) is 11.3. The molecule has 5 heteroatoms. The van der Waals surface area contributed by atoms with Gasteiger partial charge in [0.2, 0.25) is 5.91 Å². The summed E-state index contributed by atoms with van der Waals surface area (Å²) in [4.78, 5) is 11.6. The monoisotopic (exact) mass is 230 g/mol. The fraction of sp³-hybridized carbons (Fsp3) is 0.333. The largest absolute Gasteiger partial charge is 0.396 e. The Bertz CT molecular complexity index is 478. The van der Waals surface area contributed by atoms with Crippen LogP contribution in [0.4, 0.5) is 11.4 Å². The number of hydrogen-bond donors (Lipinski definition) is 3. The third-order valence-corrected chi connectivity index (χ3v) is 2.84. The molecule has 0 aliphatic carbocycles. The van der Waals surface area contributed by atoms with E-state index in [2.05, 4.69) is 10.6 Å². The Kier molecular flexibility index (Phi) is 3.15. The van der Waals surface area contributed by atoms with Crippen molar-refractivity contribution in [1.82, 2.24) is 5.32 Å². The van der Waals surface area contributed by atoms with Crippen molar-refractivity contribution in [2.75, 3.05) is 17.6 Å². The lowest BCUT2D eigenvalue weighted by molar-refractivity contribution is -0.123. The van der Waals surface area contributed by atoms with Crippen molar-refractivity contribution in [2.24, 2.45) is 0 Å². The molecule has 1 aromatic rings.